The largest absolute Gasteiger partial charge is 0.409 e. The number of amides is 1. The lowest BCUT2D eigenvalue weighted by Crippen LogP contribution is -2.49. The van der Waals surface area contributed by atoms with Crippen molar-refractivity contribution in [1.29, 1.82) is 0 Å². The van der Waals surface area contributed by atoms with E-state index in [4.69, 9.17) is 22.5 Å². The lowest BCUT2D eigenvalue weighted by Gasteiger charge is -2.33. The molecule has 0 atom stereocenters. The molecule has 0 aromatic heterocycles. The third-order valence-electron chi connectivity index (χ3n) is 3.93. The van der Waals surface area contributed by atoms with Gasteiger partial charge < -0.3 is 15.8 Å². The van der Waals surface area contributed by atoms with Gasteiger partial charge in [-0.1, -0.05) is 48.8 Å². The van der Waals surface area contributed by atoms with Crippen LogP contribution in [0.25, 0.3) is 0 Å². The van der Waals surface area contributed by atoms with Gasteiger partial charge in [0, 0.05) is 18.6 Å². The van der Waals surface area contributed by atoms with Crippen molar-refractivity contribution in [2.24, 2.45) is 16.3 Å². The second-order valence-electron chi connectivity index (χ2n) is 5.03. The molecule has 0 heterocycles. The first-order chi connectivity index (χ1) is 9.92. The summed E-state index contributed by atoms with van der Waals surface area (Å²) in [5.74, 6) is -0.230. The van der Waals surface area contributed by atoms with E-state index in [1.54, 1.807) is 18.0 Å². The molecular weight excluding hydrogens is 290 g/mol. The second-order valence-corrected chi connectivity index (χ2v) is 5.43. The number of carbonyl (C=O) groups is 1. The van der Waals surface area contributed by atoms with Crippen LogP contribution in [0.2, 0.25) is 5.02 Å². The monoisotopic (exact) mass is 311 g/mol. The van der Waals surface area contributed by atoms with Crippen LogP contribution in [0.1, 0.15) is 32.3 Å². The zero-order chi connectivity index (χ0) is 16.0. The topological polar surface area (TPSA) is 78.9 Å². The first-order valence-corrected chi connectivity index (χ1v) is 7.27. The number of nitrogens with two attached hydrogens (primary N) is 1. The van der Waals surface area contributed by atoms with Crippen molar-refractivity contribution in [3.63, 3.8) is 0 Å². The lowest BCUT2D eigenvalue weighted by molar-refractivity contribution is -0.138. The zero-order valence-corrected chi connectivity index (χ0v) is 13.4. The maximum Gasteiger partial charge on any atom is 0.236 e. The third kappa shape index (κ3) is 3.47. The van der Waals surface area contributed by atoms with Crippen molar-refractivity contribution in [2.75, 3.05) is 7.05 Å². The maximum absolute atomic E-state index is 12.8. The number of benzene rings is 1. The Balaban J connectivity index is 3.02. The molecule has 0 saturated carbocycles. The molecule has 5 nitrogen and oxygen atoms in total. The van der Waals surface area contributed by atoms with Crippen molar-refractivity contribution in [1.82, 2.24) is 4.90 Å². The molecule has 1 aromatic rings. The molecule has 116 valence electrons. The maximum atomic E-state index is 12.8. The summed E-state index contributed by atoms with van der Waals surface area (Å²) in [5.41, 5.74) is 5.64. The van der Waals surface area contributed by atoms with E-state index in [9.17, 15) is 4.79 Å². The molecule has 6 heteroatoms. The third-order valence-corrected chi connectivity index (χ3v) is 4.30. The summed E-state index contributed by atoms with van der Waals surface area (Å²) in [4.78, 5) is 14.3. The molecule has 21 heavy (non-hydrogen) atoms. The minimum Gasteiger partial charge on any atom is -0.409 e. The van der Waals surface area contributed by atoms with Crippen LogP contribution >= 0.6 is 11.6 Å². The van der Waals surface area contributed by atoms with Crippen LogP contribution in [0, 0.1) is 5.41 Å². The Morgan fingerprint density at radius 3 is 2.43 bits per heavy atom. The van der Waals surface area contributed by atoms with Gasteiger partial charge in [-0.05, 0) is 24.5 Å². The summed E-state index contributed by atoms with van der Waals surface area (Å²) < 4.78 is 0. The van der Waals surface area contributed by atoms with Gasteiger partial charge in [-0.2, -0.15) is 0 Å². The van der Waals surface area contributed by atoms with Gasteiger partial charge in [-0.25, -0.2) is 0 Å². The van der Waals surface area contributed by atoms with E-state index < -0.39 is 5.41 Å². The minimum atomic E-state index is -0.981. The Bertz CT molecular complexity index is 527. The van der Waals surface area contributed by atoms with Gasteiger partial charge in [0.2, 0.25) is 5.91 Å². The first kappa shape index (κ1) is 17.3. The first-order valence-electron chi connectivity index (χ1n) is 6.89. The van der Waals surface area contributed by atoms with E-state index in [0.29, 0.717) is 24.4 Å². The van der Waals surface area contributed by atoms with Crippen molar-refractivity contribution in [2.45, 2.75) is 33.2 Å². The van der Waals surface area contributed by atoms with E-state index in [2.05, 4.69) is 5.16 Å². The smallest absolute Gasteiger partial charge is 0.236 e. The number of hydrogen-bond donors (Lipinski definition) is 2. The molecular formula is C15H22ClN3O2. The average Bonchev–Trinajstić information content (AvgIpc) is 2.50. The number of rotatable bonds is 6. The molecule has 0 unspecified atom stereocenters. The van der Waals surface area contributed by atoms with Gasteiger partial charge >= 0.3 is 0 Å². The Morgan fingerprint density at radius 1 is 1.38 bits per heavy atom. The van der Waals surface area contributed by atoms with Crippen molar-refractivity contribution < 1.29 is 10.0 Å². The number of hydrogen-bond acceptors (Lipinski definition) is 3. The van der Waals surface area contributed by atoms with Crippen LogP contribution in [0.5, 0.6) is 0 Å². The Kier molecular flexibility index (Phi) is 6.03. The van der Waals surface area contributed by atoms with Gasteiger partial charge in [0.1, 0.15) is 5.41 Å². The molecule has 0 saturated heterocycles. The predicted molar refractivity (Wildman–Crippen MR) is 84.3 cm³/mol. The van der Waals surface area contributed by atoms with Gasteiger partial charge in [-0.15, -0.1) is 0 Å². The normalized spacial score (nSPS) is 12.3. The molecule has 3 N–H and O–H groups in total. The number of nitrogens with zero attached hydrogens (tertiary/aromatic N) is 2. The number of oxime groups is 1. The summed E-state index contributed by atoms with van der Waals surface area (Å²) >= 11 is 6.12. The van der Waals surface area contributed by atoms with Crippen molar-refractivity contribution in [3.05, 3.63) is 34.9 Å². The molecule has 1 amide bonds. The Labute approximate surface area is 130 Å². The molecule has 0 radical (unpaired) electrons. The van der Waals surface area contributed by atoms with Crippen LogP contribution in [0.15, 0.2) is 29.4 Å². The quantitative estimate of drug-likeness (QED) is 0.367. The van der Waals surface area contributed by atoms with Crippen molar-refractivity contribution in [3.8, 4) is 0 Å². The predicted octanol–water partition coefficient (Wildman–Crippen LogP) is 2.85. The van der Waals surface area contributed by atoms with E-state index in [1.807, 2.05) is 32.0 Å². The summed E-state index contributed by atoms with van der Waals surface area (Å²) in [6.07, 6.45) is 0.927. The summed E-state index contributed by atoms with van der Waals surface area (Å²) in [5, 5.41) is 12.6. The molecule has 0 aliphatic rings. The Morgan fingerprint density at radius 2 is 1.95 bits per heavy atom. The SMILES string of the molecule is CCC(CC)(C(=O)N(C)Cc1ccccc1Cl)C(N)=NO. The van der Waals surface area contributed by atoms with Gasteiger partial charge in [0.15, 0.2) is 5.84 Å². The zero-order valence-electron chi connectivity index (χ0n) is 12.6. The molecule has 1 aromatic carbocycles. The molecule has 0 aliphatic carbocycles. The van der Waals surface area contributed by atoms with Gasteiger partial charge in [0.25, 0.3) is 0 Å². The number of carbonyl (C=O) groups excluding carboxylic acids is 1. The minimum absolute atomic E-state index is 0.0523. The van der Waals surface area contributed by atoms with E-state index in [0.717, 1.165) is 5.56 Å². The van der Waals surface area contributed by atoms with Crippen LogP contribution < -0.4 is 5.73 Å². The molecule has 0 aliphatic heterocycles. The molecule has 0 fully saturated rings. The average molecular weight is 312 g/mol. The highest BCUT2D eigenvalue weighted by Gasteiger charge is 2.41. The summed E-state index contributed by atoms with van der Waals surface area (Å²) in [7, 11) is 1.69. The van der Waals surface area contributed by atoms with Gasteiger partial charge in [0.05, 0.1) is 0 Å². The van der Waals surface area contributed by atoms with E-state index >= 15 is 0 Å². The molecule has 0 spiro atoms. The summed E-state index contributed by atoms with van der Waals surface area (Å²) in [6.45, 7) is 4.07. The van der Waals surface area contributed by atoms with E-state index in [1.165, 1.54) is 0 Å². The number of halogens is 1. The fraction of sp³-hybridized carbons (Fsp3) is 0.467. The lowest BCUT2D eigenvalue weighted by atomic mass is 9.79. The highest BCUT2D eigenvalue weighted by Crippen LogP contribution is 2.30. The highest BCUT2D eigenvalue weighted by molar-refractivity contribution is 6.31. The van der Waals surface area contributed by atoms with Gasteiger partial charge in [-0.3, -0.25) is 4.79 Å². The highest BCUT2D eigenvalue weighted by atomic mass is 35.5. The fourth-order valence-electron chi connectivity index (χ4n) is 2.44. The molecule has 0 bridgehead atoms. The van der Waals surface area contributed by atoms with E-state index in [-0.39, 0.29) is 11.7 Å². The number of amidine groups is 1. The Hall–Kier alpha value is -1.75. The van der Waals surface area contributed by atoms with Crippen molar-refractivity contribution >= 4 is 23.3 Å². The van der Waals surface area contributed by atoms with Crippen LogP contribution in [0.3, 0.4) is 0 Å². The second kappa shape index (κ2) is 7.31. The molecule has 1 rings (SSSR count). The fourth-order valence-corrected chi connectivity index (χ4v) is 2.63. The summed E-state index contributed by atoms with van der Waals surface area (Å²) in [6, 6.07) is 7.36. The standard InChI is InChI=1S/C15H22ClN3O2/c1-4-15(5-2,13(17)18-21)14(20)19(3)10-11-8-6-7-9-12(11)16/h6-9,21H,4-5,10H2,1-3H3,(H2,17,18). The van der Waals surface area contributed by atoms with Crippen LogP contribution in [-0.4, -0.2) is 28.9 Å². The van der Waals surface area contributed by atoms with Crippen LogP contribution in [0.4, 0.5) is 0 Å². The van der Waals surface area contributed by atoms with Crippen LogP contribution in [-0.2, 0) is 11.3 Å².